The molecular weight excluding hydrogens is 290 g/mol. The Bertz CT molecular complexity index is 805. The van der Waals surface area contributed by atoms with Gasteiger partial charge in [-0.15, -0.1) is 11.8 Å². The maximum atomic E-state index is 13.6. The fraction of sp³-hybridized carbons (Fsp3) is 0.0625. The number of hydrogen-bond donors (Lipinski definition) is 1. The molecule has 3 rings (SSSR count). The Balaban J connectivity index is 1.92. The molecule has 106 valence electrons. The van der Waals surface area contributed by atoms with Gasteiger partial charge in [0.1, 0.15) is 11.6 Å². The highest BCUT2D eigenvalue weighted by atomic mass is 32.2. The summed E-state index contributed by atoms with van der Waals surface area (Å²) in [6, 6.07) is 10.8. The fourth-order valence-corrected chi connectivity index (χ4v) is 3.06. The van der Waals surface area contributed by atoms with Gasteiger partial charge in [-0.1, -0.05) is 6.07 Å². The van der Waals surface area contributed by atoms with Gasteiger partial charge in [0.05, 0.1) is 5.52 Å². The van der Waals surface area contributed by atoms with Gasteiger partial charge in [0, 0.05) is 27.9 Å². The molecule has 0 amide bonds. The van der Waals surface area contributed by atoms with E-state index in [0.717, 1.165) is 28.6 Å². The Hall–Kier alpha value is -2.14. The molecule has 1 aromatic heterocycles. The van der Waals surface area contributed by atoms with Gasteiger partial charge in [-0.3, -0.25) is 4.98 Å². The third kappa shape index (κ3) is 2.83. The molecular formula is C16H12F2N2S. The van der Waals surface area contributed by atoms with Gasteiger partial charge in [0.25, 0.3) is 0 Å². The van der Waals surface area contributed by atoms with Crippen molar-refractivity contribution in [1.29, 1.82) is 0 Å². The highest BCUT2D eigenvalue weighted by Gasteiger charge is 2.08. The fourth-order valence-electron chi connectivity index (χ4n) is 2.11. The van der Waals surface area contributed by atoms with Crippen LogP contribution in [0.25, 0.3) is 10.9 Å². The van der Waals surface area contributed by atoms with Crippen LogP contribution in [-0.2, 0) is 5.75 Å². The van der Waals surface area contributed by atoms with Crippen molar-refractivity contribution in [3.63, 3.8) is 0 Å². The maximum absolute atomic E-state index is 13.6. The van der Waals surface area contributed by atoms with Crippen LogP contribution in [0.15, 0.2) is 53.6 Å². The average molecular weight is 302 g/mol. The summed E-state index contributed by atoms with van der Waals surface area (Å²) in [5.74, 6) is -0.373. The van der Waals surface area contributed by atoms with E-state index >= 15 is 0 Å². The van der Waals surface area contributed by atoms with Gasteiger partial charge in [0.2, 0.25) is 0 Å². The molecule has 2 nitrogen and oxygen atoms in total. The zero-order chi connectivity index (χ0) is 14.8. The van der Waals surface area contributed by atoms with Gasteiger partial charge < -0.3 is 5.73 Å². The quantitative estimate of drug-likeness (QED) is 0.576. The van der Waals surface area contributed by atoms with Crippen molar-refractivity contribution < 1.29 is 8.78 Å². The van der Waals surface area contributed by atoms with E-state index in [0.29, 0.717) is 11.4 Å². The molecule has 2 aromatic carbocycles. The molecule has 0 aliphatic carbocycles. The summed E-state index contributed by atoms with van der Waals surface area (Å²) in [6.07, 6.45) is 1.69. The Morgan fingerprint density at radius 1 is 1.10 bits per heavy atom. The molecule has 0 atom stereocenters. The number of aromatic nitrogens is 1. The predicted molar refractivity (Wildman–Crippen MR) is 82.1 cm³/mol. The summed E-state index contributed by atoms with van der Waals surface area (Å²) >= 11 is 1.24. The van der Waals surface area contributed by atoms with Gasteiger partial charge >= 0.3 is 0 Å². The monoisotopic (exact) mass is 302 g/mol. The van der Waals surface area contributed by atoms with Gasteiger partial charge in [-0.2, -0.15) is 0 Å². The predicted octanol–water partition coefficient (Wildman–Crippen LogP) is 4.39. The number of pyridine rings is 1. The molecule has 3 aromatic rings. The van der Waals surface area contributed by atoms with Crippen molar-refractivity contribution in [1.82, 2.24) is 4.98 Å². The van der Waals surface area contributed by atoms with Crippen LogP contribution in [-0.4, -0.2) is 4.98 Å². The number of benzene rings is 2. The number of hydrogen-bond acceptors (Lipinski definition) is 3. The standard InChI is InChI=1S/C16H12F2N2S/c17-11-4-5-13(18)15(8-11)21-9-10-3-6-14(19)12-2-1-7-20-16(10)12/h1-8H,9,19H2. The van der Waals surface area contributed by atoms with Crippen molar-refractivity contribution in [2.75, 3.05) is 5.73 Å². The molecule has 0 fully saturated rings. The van der Waals surface area contributed by atoms with Crippen molar-refractivity contribution in [2.24, 2.45) is 0 Å². The lowest BCUT2D eigenvalue weighted by Crippen LogP contribution is -1.93. The van der Waals surface area contributed by atoms with Crippen LogP contribution in [0.5, 0.6) is 0 Å². The van der Waals surface area contributed by atoms with Crippen LogP contribution in [0.4, 0.5) is 14.5 Å². The summed E-state index contributed by atoms with van der Waals surface area (Å²) in [5.41, 5.74) is 8.31. The van der Waals surface area contributed by atoms with Crippen LogP contribution < -0.4 is 5.73 Å². The molecule has 0 saturated carbocycles. The van der Waals surface area contributed by atoms with Crippen LogP contribution >= 0.6 is 11.8 Å². The minimum Gasteiger partial charge on any atom is -0.398 e. The second-order valence-electron chi connectivity index (χ2n) is 4.58. The molecule has 0 spiro atoms. The third-order valence-corrected chi connectivity index (χ3v) is 4.24. The number of nitrogens with zero attached hydrogens (tertiary/aromatic N) is 1. The minimum atomic E-state index is -0.445. The molecule has 0 unspecified atom stereocenters. The summed E-state index contributed by atoms with van der Waals surface area (Å²) in [7, 11) is 0. The maximum Gasteiger partial charge on any atom is 0.136 e. The normalized spacial score (nSPS) is 11.0. The van der Waals surface area contributed by atoms with Crippen molar-refractivity contribution in [3.8, 4) is 0 Å². The molecule has 0 saturated heterocycles. The van der Waals surface area contributed by atoms with Crippen LogP contribution in [0, 0.1) is 11.6 Å². The largest absolute Gasteiger partial charge is 0.398 e. The summed E-state index contributed by atoms with van der Waals surface area (Å²) < 4.78 is 26.8. The lowest BCUT2D eigenvalue weighted by atomic mass is 10.1. The Kier molecular flexibility index (Phi) is 3.75. The zero-order valence-corrected chi connectivity index (χ0v) is 11.8. The smallest absolute Gasteiger partial charge is 0.136 e. The second kappa shape index (κ2) is 5.69. The van der Waals surface area contributed by atoms with E-state index in [1.165, 1.54) is 17.8 Å². The SMILES string of the molecule is Nc1ccc(CSc2cc(F)ccc2F)c2ncccc12. The molecule has 0 aliphatic rings. The second-order valence-corrected chi connectivity index (χ2v) is 5.59. The topological polar surface area (TPSA) is 38.9 Å². The molecule has 0 aliphatic heterocycles. The summed E-state index contributed by atoms with van der Waals surface area (Å²) in [4.78, 5) is 4.62. The van der Waals surface area contributed by atoms with Gasteiger partial charge in [-0.25, -0.2) is 8.78 Å². The number of thioether (sulfide) groups is 1. The third-order valence-electron chi connectivity index (χ3n) is 3.16. The Labute approximate surface area is 125 Å². The number of halogens is 2. The van der Waals surface area contributed by atoms with Gasteiger partial charge in [-0.05, 0) is 42.0 Å². The average Bonchev–Trinajstić information content (AvgIpc) is 2.50. The number of anilines is 1. The number of nitrogen functional groups attached to an aromatic ring is 1. The lowest BCUT2D eigenvalue weighted by Gasteiger charge is -2.08. The first-order chi connectivity index (χ1) is 10.1. The number of fused-ring (bicyclic) bond motifs is 1. The van der Waals surface area contributed by atoms with Crippen LogP contribution in [0.3, 0.4) is 0 Å². The first-order valence-electron chi connectivity index (χ1n) is 6.35. The van der Waals surface area contributed by atoms with E-state index < -0.39 is 11.6 Å². The molecule has 0 bridgehead atoms. The molecule has 5 heteroatoms. The van der Waals surface area contributed by atoms with E-state index in [1.807, 2.05) is 24.3 Å². The van der Waals surface area contributed by atoms with E-state index in [2.05, 4.69) is 4.98 Å². The van der Waals surface area contributed by atoms with Crippen LogP contribution in [0.2, 0.25) is 0 Å². The molecule has 0 radical (unpaired) electrons. The zero-order valence-electron chi connectivity index (χ0n) is 11.0. The van der Waals surface area contributed by atoms with Crippen molar-refractivity contribution in [2.45, 2.75) is 10.6 Å². The van der Waals surface area contributed by atoms with Gasteiger partial charge in [0.15, 0.2) is 0 Å². The minimum absolute atomic E-state index is 0.288. The van der Waals surface area contributed by atoms with Crippen LogP contribution in [0.1, 0.15) is 5.56 Å². The van der Waals surface area contributed by atoms with Crippen molar-refractivity contribution in [3.05, 3.63) is 65.9 Å². The van der Waals surface area contributed by atoms with E-state index in [1.54, 1.807) is 6.20 Å². The highest BCUT2D eigenvalue weighted by molar-refractivity contribution is 7.98. The highest BCUT2D eigenvalue weighted by Crippen LogP contribution is 2.30. The first-order valence-corrected chi connectivity index (χ1v) is 7.33. The first kappa shape index (κ1) is 13.8. The van der Waals surface area contributed by atoms with E-state index in [-0.39, 0.29) is 4.90 Å². The molecule has 2 N–H and O–H groups in total. The molecule has 21 heavy (non-hydrogen) atoms. The Morgan fingerprint density at radius 2 is 1.95 bits per heavy atom. The summed E-state index contributed by atoms with van der Waals surface area (Å²) in [6.45, 7) is 0. The number of rotatable bonds is 3. The molecule has 1 heterocycles. The summed E-state index contributed by atoms with van der Waals surface area (Å²) in [5, 5.41) is 0.871. The Morgan fingerprint density at radius 3 is 2.81 bits per heavy atom. The number of nitrogens with two attached hydrogens (primary N) is 1. The van der Waals surface area contributed by atoms with E-state index in [4.69, 9.17) is 5.73 Å². The lowest BCUT2D eigenvalue weighted by molar-refractivity contribution is 0.577. The van der Waals surface area contributed by atoms with E-state index in [9.17, 15) is 8.78 Å². The van der Waals surface area contributed by atoms with Crippen molar-refractivity contribution >= 4 is 28.4 Å².